The molecule has 0 saturated carbocycles. The van der Waals surface area contributed by atoms with Gasteiger partial charge in [0.05, 0.1) is 17.2 Å². The first kappa shape index (κ1) is 18.8. The van der Waals surface area contributed by atoms with Crippen molar-refractivity contribution in [2.24, 2.45) is 4.99 Å². The topological polar surface area (TPSA) is 50.7 Å². The molecule has 4 nitrogen and oxygen atoms in total. The second-order valence-electron chi connectivity index (χ2n) is 6.09. The van der Waals surface area contributed by atoms with Crippen LogP contribution in [-0.4, -0.2) is 17.7 Å². The summed E-state index contributed by atoms with van der Waals surface area (Å²) in [4.78, 5) is 17.6. The molecule has 0 bridgehead atoms. The zero-order chi connectivity index (χ0) is 19.5. The number of carbonyl (C=O) groups is 1. The quantitative estimate of drug-likeness (QED) is 0.501. The number of nitrogens with one attached hydrogen (secondary N) is 1. The SMILES string of the molecule is CCOc1ccc2ccccc2c1/C=C1\SC(=Nc2cccc(Br)c2)NC1=O. The lowest BCUT2D eigenvalue weighted by Crippen LogP contribution is -2.19. The van der Waals surface area contributed by atoms with Crippen LogP contribution < -0.4 is 10.1 Å². The van der Waals surface area contributed by atoms with E-state index in [2.05, 4.69) is 32.3 Å². The minimum Gasteiger partial charge on any atom is -0.493 e. The average Bonchev–Trinajstić information content (AvgIpc) is 3.02. The highest BCUT2D eigenvalue weighted by Crippen LogP contribution is 2.34. The summed E-state index contributed by atoms with van der Waals surface area (Å²) in [5.41, 5.74) is 1.68. The highest BCUT2D eigenvalue weighted by atomic mass is 79.9. The molecule has 1 aliphatic heterocycles. The molecular formula is C22H17BrN2O2S. The Balaban J connectivity index is 1.73. The van der Waals surface area contributed by atoms with E-state index in [-0.39, 0.29) is 5.91 Å². The van der Waals surface area contributed by atoms with Gasteiger partial charge >= 0.3 is 0 Å². The number of amides is 1. The van der Waals surface area contributed by atoms with E-state index in [1.54, 1.807) is 0 Å². The molecule has 1 fully saturated rings. The number of fused-ring (bicyclic) bond motifs is 1. The maximum atomic E-state index is 12.5. The Kier molecular flexibility index (Phi) is 5.50. The largest absolute Gasteiger partial charge is 0.493 e. The zero-order valence-corrected chi connectivity index (χ0v) is 17.5. The van der Waals surface area contributed by atoms with Crippen LogP contribution in [0.15, 0.2) is 75.0 Å². The van der Waals surface area contributed by atoms with Crippen LogP contribution in [0.3, 0.4) is 0 Å². The van der Waals surface area contributed by atoms with E-state index in [1.165, 1.54) is 11.8 Å². The van der Waals surface area contributed by atoms with E-state index in [1.807, 2.05) is 67.6 Å². The van der Waals surface area contributed by atoms with Crippen molar-refractivity contribution >= 4 is 61.3 Å². The number of hydrogen-bond acceptors (Lipinski definition) is 4. The van der Waals surface area contributed by atoms with Crippen molar-refractivity contribution in [2.75, 3.05) is 6.61 Å². The third-order valence-electron chi connectivity index (χ3n) is 4.20. The van der Waals surface area contributed by atoms with Crippen molar-refractivity contribution in [1.29, 1.82) is 0 Å². The molecule has 3 aromatic rings. The number of carbonyl (C=O) groups excluding carboxylic acids is 1. The van der Waals surface area contributed by atoms with Gasteiger partial charge in [0.1, 0.15) is 5.75 Å². The highest BCUT2D eigenvalue weighted by Gasteiger charge is 2.24. The Morgan fingerprint density at radius 2 is 2.00 bits per heavy atom. The van der Waals surface area contributed by atoms with E-state index in [0.717, 1.165) is 32.2 Å². The molecule has 1 aliphatic rings. The summed E-state index contributed by atoms with van der Waals surface area (Å²) in [6.45, 7) is 2.51. The van der Waals surface area contributed by atoms with Gasteiger partial charge in [0.25, 0.3) is 5.91 Å². The number of amidine groups is 1. The minimum atomic E-state index is -0.158. The molecule has 0 atom stereocenters. The molecular weight excluding hydrogens is 436 g/mol. The standard InChI is InChI=1S/C22H17BrN2O2S/c1-2-27-19-11-10-14-6-3-4-9-17(14)18(19)13-20-21(26)25-22(28-20)24-16-8-5-7-15(23)12-16/h3-13H,2H2,1H3,(H,24,25,26)/b20-13-. The third kappa shape index (κ3) is 3.98. The molecule has 0 spiro atoms. The number of thioether (sulfide) groups is 1. The maximum Gasteiger partial charge on any atom is 0.264 e. The van der Waals surface area contributed by atoms with Gasteiger partial charge in [-0.2, -0.15) is 0 Å². The van der Waals surface area contributed by atoms with Crippen molar-refractivity contribution in [1.82, 2.24) is 5.32 Å². The van der Waals surface area contributed by atoms with Crippen LogP contribution in [0.1, 0.15) is 12.5 Å². The van der Waals surface area contributed by atoms with Crippen molar-refractivity contribution < 1.29 is 9.53 Å². The monoisotopic (exact) mass is 452 g/mol. The van der Waals surface area contributed by atoms with Crippen molar-refractivity contribution in [2.45, 2.75) is 6.92 Å². The molecule has 28 heavy (non-hydrogen) atoms. The summed E-state index contributed by atoms with van der Waals surface area (Å²) in [5.74, 6) is 0.605. The molecule has 1 amide bonds. The molecule has 1 saturated heterocycles. The number of rotatable bonds is 4. The molecule has 0 unspecified atom stereocenters. The third-order valence-corrected chi connectivity index (χ3v) is 5.60. The lowest BCUT2D eigenvalue weighted by atomic mass is 10.0. The van der Waals surface area contributed by atoms with Crippen molar-refractivity contribution in [3.05, 3.63) is 75.6 Å². The van der Waals surface area contributed by atoms with Gasteiger partial charge in [0, 0.05) is 10.0 Å². The Morgan fingerprint density at radius 3 is 2.82 bits per heavy atom. The highest BCUT2D eigenvalue weighted by molar-refractivity contribution is 9.10. The average molecular weight is 453 g/mol. The predicted molar refractivity (Wildman–Crippen MR) is 120 cm³/mol. The molecule has 0 radical (unpaired) electrons. The molecule has 6 heteroatoms. The number of halogens is 1. The van der Waals surface area contributed by atoms with Crippen LogP contribution in [0.2, 0.25) is 0 Å². The van der Waals surface area contributed by atoms with E-state index < -0.39 is 0 Å². The fourth-order valence-corrected chi connectivity index (χ4v) is 4.19. The van der Waals surface area contributed by atoms with Crippen LogP contribution >= 0.6 is 27.7 Å². The van der Waals surface area contributed by atoms with Crippen molar-refractivity contribution in [3.8, 4) is 5.75 Å². The van der Waals surface area contributed by atoms with Crippen LogP contribution in [0.4, 0.5) is 5.69 Å². The van der Waals surface area contributed by atoms with Gasteiger partial charge in [-0.3, -0.25) is 4.79 Å². The van der Waals surface area contributed by atoms with E-state index >= 15 is 0 Å². The van der Waals surface area contributed by atoms with E-state index in [9.17, 15) is 4.79 Å². The van der Waals surface area contributed by atoms with Gasteiger partial charge in [0.15, 0.2) is 5.17 Å². The zero-order valence-electron chi connectivity index (χ0n) is 15.1. The Labute approximate surface area is 175 Å². The van der Waals surface area contributed by atoms with Crippen LogP contribution in [0.25, 0.3) is 16.8 Å². The lowest BCUT2D eigenvalue weighted by Gasteiger charge is -2.11. The Hall–Kier alpha value is -2.57. The van der Waals surface area contributed by atoms with Crippen LogP contribution in [-0.2, 0) is 4.79 Å². The first-order valence-corrected chi connectivity index (χ1v) is 10.4. The van der Waals surface area contributed by atoms with Gasteiger partial charge in [0.2, 0.25) is 0 Å². The van der Waals surface area contributed by atoms with Gasteiger partial charge in [-0.05, 0) is 59.8 Å². The normalized spacial score (nSPS) is 16.7. The molecule has 3 aromatic carbocycles. The summed E-state index contributed by atoms with van der Waals surface area (Å²) in [7, 11) is 0. The molecule has 1 heterocycles. The number of nitrogens with zero attached hydrogens (tertiary/aromatic N) is 1. The number of aliphatic imine (C=N–C) groups is 1. The van der Waals surface area contributed by atoms with E-state index in [0.29, 0.717) is 16.7 Å². The number of benzene rings is 3. The molecule has 0 aliphatic carbocycles. The Bertz CT molecular complexity index is 1120. The van der Waals surface area contributed by atoms with Gasteiger partial charge < -0.3 is 10.1 Å². The number of hydrogen-bond donors (Lipinski definition) is 1. The molecule has 0 aromatic heterocycles. The molecule has 1 N–H and O–H groups in total. The maximum absolute atomic E-state index is 12.5. The van der Waals surface area contributed by atoms with E-state index in [4.69, 9.17) is 4.74 Å². The first-order valence-electron chi connectivity index (χ1n) is 8.84. The summed E-state index contributed by atoms with van der Waals surface area (Å²) in [6.07, 6.45) is 1.89. The van der Waals surface area contributed by atoms with Gasteiger partial charge in [-0.1, -0.05) is 52.3 Å². The predicted octanol–water partition coefficient (Wildman–Crippen LogP) is 5.89. The fraction of sp³-hybridized carbons (Fsp3) is 0.0909. The summed E-state index contributed by atoms with van der Waals surface area (Å²) in [6, 6.07) is 19.7. The second kappa shape index (κ2) is 8.20. The summed E-state index contributed by atoms with van der Waals surface area (Å²) in [5, 5.41) is 5.55. The van der Waals surface area contributed by atoms with Gasteiger partial charge in [-0.25, -0.2) is 4.99 Å². The molecule has 4 rings (SSSR count). The Morgan fingerprint density at radius 1 is 1.14 bits per heavy atom. The molecule has 140 valence electrons. The lowest BCUT2D eigenvalue weighted by molar-refractivity contribution is -0.115. The smallest absolute Gasteiger partial charge is 0.264 e. The summed E-state index contributed by atoms with van der Waals surface area (Å²) < 4.78 is 6.75. The number of ether oxygens (including phenoxy) is 1. The van der Waals surface area contributed by atoms with Gasteiger partial charge in [-0.15, -0.1) is 0 Å². The van der Waals surface area contributed by atoms with Crippen LogP contribution in [0.5, 0.6) is 5.75 Å². The minimum absolute atomic E-state index is 0.158. The van der Waals surface area contributed by atoms with Crippen molar-refractivity contribution in [3.63, 3.8) is 0 Å². The first-order chi connectivity index (χ1) is 13.6. The van der Waals surface area contributed by atoms with Crippen LogP contribution in [0, 0.1) is 0 Å². The second-order valence-corrected chi connectivity index (χ2v) is 8.04. The fourth-order valence-electron chi connectivity index (χ4n) is 2.98. The summed E-state index contributed by atoms with van der Waals surface area (Å²) >= 11 is 4.77.